The first kappa shape index (κ1) is 62.6. The van der Waals surface area contributed by atoms with E-state index in [0.717, 1.165) is 11.1 Å². The van der Waals surface area contributed by atoms with Gasteiger partial charge >= 0.3 is 0 Å². The SMILES string of the molecule is CC(C)=CCC[C@](C)(O[C@@H]1O[C@H](CO[C@@H]2O[C@H](CO)[C@@H](O)[C@H](O)[C@H]2O)[C@@H](O)[C@H](O)[C@H]1O)[C@H]1CC[C@]2(C)[C@@H]1[C@H](O)C[C@H]1[C@@]2(C)[C@@H](O)C=C2C(C)(C)[C@@H](O[C@@H]3O[C@H](CO[C@@H]4O[C@H](CO)[C@@H](O)[C@H](O)[C@H]4O)[C@@H](O)[C@H](O)[C@H]3O)CC[C@@]21C. The van der Waals surface area contributed by atoms with Crippen LogP contribution in [0.15, 0.2) is 23.3 Å². The lowest BCUT2D eigenvalue weighted by molar-refractivity contribution is -0.349. The number of ether oxygens (including phenoxy) is 8. The number of fused-ring (bicyclic) bond motifs is 5. The van der Waals surface area contributed by atoms with Crippen molar-refractivity contribution in [3.05, 3.63) is 23.3 Å². The fourth-order valence-corrected chi connectivity index (χ4v) is 15.4. The summed E-state index contributed by atoms with van der Waals surface area (Å²) in [6, 6.07) is 0. The summed E-state index contributed by atoms with van der Waals surface area (Å²) in [5.41, 5.74) is -2.26. The topological polar surface area (TPSA) is 398 Å². The van der Waals surface area contributed by atoms with Crippen LogP contribution >= 0.6 is 0 Å². The first-order valence-corrected chi connectivity index (χ1v) is 27.7. The molecule has 0 bridgehead atoms. The Bertz CT molecular complexity index is 2090. The zero-order valence-corrected chi connectivity index (χ0v) is 45.9. The van der Waals surface area contributed by atoms with Crippen molar-refractivity contribution in [1.29, 1.82) is 0 Å². The molecule has 24 heteroatoms. The van der Waals surface area contributed by atoms with Gasteiger partial charge in [0.05, 0.1) is 50.3 Å². The first-order chi connectivity index (χ1) is 36.4. The van der Waals surface area contributed by atoms with Gasteiger partial charge in [-0.05, 0) is 94.3 Å². The minimum absolute atomic E-state index is 0.282. The van der Waals surface area contributed by atoms with Gasteiger partial charge in [0, 0.05) is 10.8 Å². The summed E-state index contributed by atoms with van der Waals surface area (Å²) < 4.78 is 47.9. The Hall–Kier alpha value is -1.48. The van der Waals surface area contributed by atoms with Gasteiger partial charge in [-0.25, -0.2) is 0 Å². The second kappa shape index (κ2) is 23.5. The Morgan fingerprint density at radius 2 is 1.06 bits per heavy atom. The van der Waals surface area contributed by atoms with E-state index in [9.17, 15) is 81.7 Å². The molecule has 4 aliphatic heterocycles. The number of rotatable bonds is 16. The molecule has 0 spiro atoms. The Morgan fingerprint density at radius 1 is 0.603 bits per heavy atom. The summed E-state index contributed by atoms with van der Waals surface area (Å²) in [4.78, 5) is 0. The van der Waals surface area contributed by atoms with Gasteiger partial charge in [-0.3, -0.25) is 0 Å². The van der Waals surface area contributed by atoms with Gasteiger partial charge in [0.1, 0.15) is 97.7 Å². The van der Waals surface area contributed by atoms with Crippen molar-refractivity contribution in [2.24, 2.45) is 39.4 Å². The standard InChI is InChI=1S/C54H90O24/c1-22(2)10-9-13-53(7,78-49-45(70)41(66)37(62)28(76-49)21-72-47-43(68)39(64)35(60)26(19-56)74-47)23-11-15-52(6)33(23)24(57)16-30-51(5)14-12-32(50(3,4)29(51)17-31(58)54(30,52)8)77-48-44(69)40(65)36(61)27(75-48)20-71-46-42(67)38(63)34(59)25(18-55)73-46/h10,17,23-28,30-49,55-70H,9,11-16,18-21H2,1-8H3/t23-,24+,25+,26+,27+,28+,30+,31-,32-,33-,34+,35+,36+,37+,38-,39-,40-,41-,42+,43+,44+,45+,46+,47+,48-,49-,51-,52+,53-,54-/m0/s1. The van der Waals surface area contributed by atoms with E-state index in [2.05, 4.69) is 20.8 Å². The summed E-state index contributed by atoms with van der Waals surface area (Å²) in [7, 11) is 0. The van der Waals surface area contributed by atoms with Gasteiger partial charge in [0.2, 0.25) is 0 Å². The monoisotopic (exact) mass is 1120 g/mol. The highest BCUT2D eigenvalue weighted by Gasteiger charge is 2.73. The molecule has 0 radical (unpaired) electrons. The predicted octanol–water partition coefficient (Wildman–Crippen LogP) is -3.31. The Morgan fingerprint density at radius 3 is 1.56 bits per heavy atom. The lowest BCUT2D eigenvalue weighted by Gasteiger charge is -2.69. The highest BCUT2D eigenvalue weighted by molar-refractivity contribution is 5.36. The van der Waals surface area contributed by atoms with Gasteiger partial charge in [0.25, 0.3) is 0 Å². The number of aliphatic hydroxyl groups is 16. The molecule has 8 rings (SSSR count). The van der Waals surface area contributed by atoms with Crippen molar-refractivity contribution in [3.63, 3.8) is 0 Å². The van der Waals surface area contributed by atoms with Crippen LogP contribution in [0.4, 0.5) is 0 Å². The van der Waals surface area contributed by atoms with Crippen molar-refractivity contribution in [3.8, 4) is 0 Å². The Balaban J connectivity index is 1.01. The summed E-state index contributed by atoms with van der Waals surface area (Å²) in [6.07, 6.45) is -27.5. The van der Waals surface area contributed by atoms with Gasteiger partial charge in [0.15, 0.2) is 25.2 Å². The van der Waals surface area contributed by atoms with E-state index < -0.39 is 207 Å². The Kier molecular flexibility index (Phi) is 18.9. The molecule has 3 saturated carbocycles. The van der Waals surface area contributed by atoms with E-state index in [0.29, 0.717) is 44.9 Å². The maximum absolute atomic E-state index is 12.8. The molecule has 4 heterocycles. The van der Waals surface area contributed by atoms with Crippen molar-refractivity contribution in [1.82, 2.24) is 0 Å². The third-order valence-electron chi connectivity index (χ3n) is 20.3. The molecule has 4 aliphatic carbocycles. The van der Waals surface area contributed by atoms with E-state index >= 15 is 0 Å². The largest absolute Gasteiger partial charge is 0.394 e. The smallest absolute Gasteiger partial charge is 0.187 e. The molecule has 0 aromatic carbocycles. The van der Waals surface area contributed by atoms with Gasteiger partial charge in [-0.2, -0.15) is 0 Å². The molecule has 7 fully saturated rings. The predicted molar refractivity (Wildman–Crippen MR) is 268 cm³/mol. The highest BCUT2D eigenvalue weighted by Crippen LogP contribution is 2.75. The zero-order valence-electron chi connectivity index (χ0n) is 45.9. The van der Waals surface area contributed by atoms with Crippen molar-refractivity contribution in [2.75, 3.05) is 26.4 Å². The minimum Gasteiger partial charge on any atom is -0.394 e. The highest BCUT2D eigenvalue weighted by atomic mass is 16.7. The van der Waals surface area contributed by atoms with Crippen molar-refractivity contribution < 1.29 is 120 Å². The Labute approximate surface area is 454 Å². The van der Waals surface area contributed by atoms with Gasteiger partial charge < -0.3 is 120 Å². The maximum Gasteiger partial charge on any atom is 0.187 e. The van der Waals surface area contributed by atoms with E-state index in [1.165, 1.54) is 0 Å². The van der Waals surface area contributed by atoms with Crippen molar-refractivity contribution >= 4 is 0 Å². The van der Waals surface area contributed by atoms with E-state index in [4.69, 9.17) is 37.9 Å². The minimum atomic E-state index is -1.80. The van der Waals surface area contributed by atoms with Gasteiger partial charge in [-0.1, -0.05) is 57.9 Å². The second-order valence-electron chi connectivity index (χ2n) is 25.4. The summed E-state index contributed by atoms with van der Waals surface area (Å²) in [5.74, 6) is -1.16. The zero-order chi connectivity index (χ0) is 57.5. The van der Waals surface area contributed by atoms with E-state index in [-0.39, 0.29) is 5.92 Å². The van der Waals surface area contributed by atoms with E-state index in [1.807, 2.05) is 46.8 Å². The molecule has 450 valence electrons. The molecule has 16 N–H and O–H groups in total. The fraction of sp³-hybridized carbons (Fsp3) is 0.926. The van der Waals surface area contributed by atoms with Crippen LogP contribution in [0, 0.1) is 39.4 Å². The maximum atomic E-state index is 12.8. The third-order valence-corrected chi connectivity index (χ3v) is 20.3. The summed E-state index contributed by atoms with van der Waals surface area (Å²) >= 11 is 0. The van der Waals surface area contributed by atoms with Crippen LogP contribution in [0.5, 0.6) is 0 Å². The molecule has 4 saturated heterocycles. The van der Waals surface area contributed by atoms with Crippen LogP contribution < -0.4 is 0 Å². The quantitative estimate of drug-likeness (QED) is 0.0673. The molecular weight excluding hydrogens is 1030 g/mol. The molecule has 0 aromatic rings. The van der Waals surface area contributed by atoms with Crippen LogP contribution in [0.1, 0.15) is 100 Å². The summed E-state index contributed by atoms with van der Waals surface area (Å²) in [5, 5.41) is 174. The van der Waals surface area contributed by atoms with Crippen LogP contribution in [-0.2, 0) is 37.9 Å². The lowest BCUT2D eigenvalue weighted by Crippen LogP contribution is -2.68. The second-order valence-corrected chi connectivity index (χ2v) is 25.4. The van der Waals surface area contributed by atoms with Crippen LogP contribution in [0.3, 0.4) is 0 Å². The van der Waals surface area contributed by atoms with Crippen LogP contribution in [0.2, 0.25) is 0 Å². The molecule has 24 nitrogen and oxygen atoms in total. The molecular formula is C54H90O24. The molecule has 0 unspecified atom stereocenters. The fourth-order valence-electron chi connectivity index (χ4n) is 15.4. The molecule has 78 heavy (non-hydrogen) atoms. The number of hydrogen-bond donors (Lipinski definition) is 16. The summed E-state index contributed by atoms with van der Waals surface area (Å²) in [6.45, 7) is 13.6. The average molecular weight is 1120 g/mol. The van der Waals surface area contributed by atoms with Crippen LogP contribution in [0.25, 0.3) is 0 Å². The number of allylic oxidation sites excluding steroid dienone is 2. The molecule has 30 atom stereocenters. The normalized spacial score (nSPS) is 52.1. The molecule has 0 aromatic heterocycles. The average Bonchev–Trinajstić information content (AvgIpc) is 3.76. The van der Waals surface area contributed by atoms with E-state index in [1.54, 1.807) is 0 Å². The number of hydrogen-bond acceptors (Lipinski definition) is 24. The van der Waals surface area contributed by atoms with Crippen LogP contribution in [-0.4, -0.2) is 255 Å². The third kappa shape index (κ3) is 10.8. The molecule has 0 amide bonds. The molecule has 8 aliphatic rings. The van der Waals surface area contributed by atoms with Gasteiger partial charge in [-0.15, -0.1) is 0 Å². The van der Waals surface area contributed by atoms with Crippen molar-refractivity contribution in [2.45, 2.75) is 247 Å². The lowest BCUT2D eigenvalue weighted by atomic mass is 9.37. The first-order valence-electron chi connectivity index (χ1n) is 27.7. The number of aliphatic hydroxyl groups excluding tert-OH is 16.